The van der Waals surface area contributed by atoms with Gasteiger partial charge < -0.3 is 0 Å². The fourth-order valence-corrected chi connectivity index (χ4v) is 2.13. The van der Waals surface area contributed by atoms with Gasteiger partial charge in [-0.3, -0.25) is 4.79 Å². The Morgan fingerprint density at radius 1 is 1.05 bits per heavy atom. The number of hydrogen-bond donors (Lipinski definition) is 0. The van der Waals surface area contributed by atoms with Crippen LogP contribution >= 0.6 is 0 Å². The van der Waals surface area contributed by atoms with E-state index in [1.54, 1.807) is 22.9 Å². The molecule has 98 valence electrons. The first-order valence-corrected chi connectivity index (χ1v) is 6.38. The Kier molecular flexibility index (Phi) is 3.13. The van der Waals surface area contributed by atoms with Crippen LogP contribution in [0.2, 0.25) is 0 Å². The maximum Gasteiger partial charge on any atom is 0.211 e. The molecule has 3 rings (SSSR count). The molecule has 2 aromatic carbocycles. The standard InChI is InChI=1S/C16H13N3O/c1-2-14(16(20)12-8-4-3-5-9-12)19-15-11-7-6-10-13(15)17-18-19/h2-11H,1H3. The number of carbonyl (C=O) groups is 1. The van der Waals surface area contributed by atoms with E-state index in [0.29, 0.717) is 11.3 Å². The van der Waals surface area contributed by atoms with Crippen LogP contribution in [0.4, 0.5) is 0 Å². The Hall–Kier alpha value is -2.75. The van der Waals surface area contributed by atoms with E-state index in [1.807, 2.05) is 49.4 Å². The van der Waals surface area contributed by atoms with Crippen molar-refractivity contribution in [3.8, 4) is 0 Å². The number of fused-ring (bicyclic) bond motifs is 1. The molecule has 0 amide bonds. The molecule has 0 N–H and O–H groups in total. The number of nitrogens with zero attached hydrogens (tertiary/aromatic N) is 3. The van der Waals surface area contributed by atoms with Gasteiger partial charge in [-0.15, -0.1) is 5.10 Å². The molecule has 0 fully saturated rings. The molecule has 0 saturated carbocycles. The van der Waals surface area contributed by atoms with E-state index < -0.39 is 0 Å². The number of benzene rings is 2. The molecule has 0 bridgehead atoms. The number of rotatable bonds is 3. The van der Waals surface area contributed by atoms with Gasteiger partial charge >= 0.3 is 0 Å². The molecule has 0 aliphatic carbocycles. The maximum absolute atomic E-state index is 12.6. The number of allylic oxidation sites excluding steroid dienone is 2. The van der Waals surface area contributed by atoms with Gasteiger partial charge in [0.15, 0.2) is 0 Å². The van der Waals surface area contributed by atoms with Crippen molar-refractivity contribution in [1.82, 2.24) is 15.0 Å². The summed E-state index contributed by atoms with van der Waals surface area (Å²) in [6, 6.07) is 16.8. The lowest BCUT2D eigenvalue weighted by Gasteiger charge is -2.06. The highest BCUT2D eigenvalue weighted by Gasteiger charge is 2.16. The minimum absolute atomic E-state index is 0.0660. The van der Waals surface area contributed by atoms with Crippen molar-refractivity contribution in [1.29, 1.82) is 0 Å². The van der Waals surface area contributed by atoms with Crippen molar-refractivity contribution in [2.24, 2.45) is 0 Å². The summed E-state index contributed by atoms with van der Waals surface area (Å²) in [6.07, 6.45) is 1.76. The van der Waals surface area contributed by atoms with Crippen molar-refractivity contribution in [3.05, 3.63) is 66.2 Å². The number of hydrogen-bond acceptors (Lipinski definition) is 3. The number of carbonyl (C=O) groups excluding carboxylic acids is 1. The third-order valence-corrected chi connectivity index (χ3v) is 3.12. The zero-order chi connectivity index (χ0) is 13.9. The second-order valence-corrected chi connectivity index (χ2v) is 4.36. The van der Waals surface area contributed by atoms with Crippen molar-refractivity contribution in [3.63, 3.8) is 0 Å². The zero-order valence-corrected chi connectivity index (χ0v) is 11.0. The highest BCUT2D eigenvalue weighted by Crippen LogP contribution is 2.18. The maximum atomic E-state index is 12.6. The summed E-state index contributed by atoms with van der Waals surface area (Å²) in [7, 11) is 0. The summed E-state index contributed by atoms with van der Waals surface area (Å²) >= 11 is 0. The molecule has 1 heterocycles. The van der Waals surface area contributed by atoms with Crippen LogP contribution in [0.5, 0.6) is 0 Å². The molecule has 0 aliphatic heterocycles. The predicted octanol–water partition coefficient (Wildman–Crippen LogP) is 3.18. The second-order valence-electron chi connectivity index (χ2n) is 4.36. The Bertz CT molecular complexity index is 788. The van der Waals surface area contributed by atoms with Crippen molar-refractivity contribution in [2.45, 2.75) is 6.92 Å². The quantitative estimate of drug-likeness (QED) is 0.538. The Morgan fingerprint density at radius 2 is 1.75 bits per heavy atom. The van der Waals surface area contributed by atoms with Crippen LogP contribution in [0, 0.1) is 0 Å². The van der Waals surface area contributed by atoms with Gasteiger partial charge in [0.1, 0.15) is 11.2 Å². The van der Waals surface area contributed by atoms with Gasteiger partial charge in [0.25, 0.3) is 0 Å². The van der Waals surface area contributed by atoms with Gasteiger partial charge in [-0.1, -0.05) is 53.8 Å². The molecule has 4 nitrogen and oxygen atoms in total. The molecule has 20 heavy (non-hydrogen) atoms. The molecular weight excluding hydrogens is 250 g/mol. The van der Waals surface area contributed by atoms with Crippen molar-refractivity contribution < 1.29 is 4.79 Å². The van der Waals surface area contributed by atoms with Crippen LogP contribution in [-0.2, 0) is 0 Å². The van der Waals surface area contributed by atoms with Gasteiger partial charge in [-0.2, -0.15) is 0 Å². The summed E-state index contributed by atoms with van der Waals surface area (Å²) in [5.41, 5.74) is 2.74. The lowest BCUT2D eigenvalue weighted by Crippen LogP contribution is -2.10. The first-order chi connectivity index (χ1) is 9.81. The third kappa shape index (κ3) is 2.01. The summed E-state index contributed by atoms with van der Waals surface area (Å²) in [4.78, 5) is 12.6. The minimum Gasteiger partial charge on any atom is -0.287 e. The normalized spacial score (nSPS) is 11.8. The molecule has 0 radical (unpaired) electrons. The van der Waals surface area contributed by atoms with Crippen LogP contribution in [0.3, 0.4) is 0 Å². The van der Waals surface area contributed by atoms with E-state index >= 15 is 0 Å². The summed E-state index contributed by atoms with van der Waals surface area (Å²) < 4.78 is 1.59. The van der Waals surface area contributed by atoms with E-state index in [0.717, 1.165) is 11.0 Å². The Morgan fingerprint density at radius 3 is 2.50 bits per heavy atom. The third-order valence-electron chi connectivity index (χ3n) is 3.12. The Labute approximate surface area is 116 Å². The lowest BCUT2D eigenvalue weighted by atomic mass is 10.1. The van der Waals surface area contributed by atoms with Gasteiger partial charge in [-0.05, 0) is 19.1 Å². The molecule has 3 aromatic rings. The topological polar surface area (TPSA) is 47.8 Å². The van der Waals surface area contributed by atoms with E-state index in [2.05, 4.69) is 10.3 Å². The molecule has 0 saturated heterocycles. The van der Waals surface area contributed by atoms with E-state index in [9.17, 15) is 4.79 Å². The van der Waals surface area contributed by atoms with Crippen molar-refractivity contribution >= 4 is 22.5 Å². The monoisotopic (exact) mass is 263 g/mol. The fraction of sp³-hybridized carbons (Fsp3) is 0.0625. The van der Waals surface area contributed by atoms with Gasteiger partial charge in [0.2, 0.25) is 5.78 Å². The zero-order valence-electron chi connectivity index (χ0n) is 11.0. The lowest BCUT2D eigenvalue weighted by molar-refractivity contribution is 0.105. The van der Waals surface area contributed by atoms with Crippen LogP contribution in [0.15, 0.2) is 60.7 Å². The smallest absolute Gasteiger partial charge is 0.211 e. The summed E-state index contributed by atoms with van der Waals surface area (Å²) in [5, 5.41) is 8.17. The largest absolute Gasteiger partial charge is 0.287 e. The van der Waals surface area contributed by atoms with Crippen molar-refractivity contribution in [2.75, 3.05) is 0 Å². The average Bonchev–Trinajstić information content (AvgIpc) is 2.93. The van der Waals surface area contributed by atoms with Crippen LogP contribution in [0.25, 0.3) is 16.7 Å². The highest BCUT2D eigenvalue weighted by molar-refractivity contribution is 6.24. The summed E-state index contributed by atoms with van der Waals surface area (Å²) in [5.74, 6) is -0.0660. The first kappa shape index (κ1) is 12.3. The highest BCUT2D eigenvalue weighted by atomic mass is 16.1. The SMILES string of the molecule is CC=C(C(=O)c1ccccc1)n1nnc2ccccc21. The molecule has 4 heteroatoms. The predicted molar refractivity (Wildman–Crippen MR) is 78.2 cm³/mol. The average molecular weight is 263 g/mol. The van der Waals surface area contributed by atoms with Crippen LogP contribution < -0.4 is 0 Å². The molecule has 0 unspecified atom stereocenters. The molecule has 0 aliphatic rings. The van der Waals surface area contributed by atoms with Gasteiger partial charge in [-0.25, -0.2) is 4.68 Å². The van der Waals surface area contributed by atoms with Crippen LogP contribution in [0.1, 0.15) is 17.3 Å². The van der Waals surface area contributed by atoms with E-state index in [1.165, 1.54) is 0 Å². The molecule has 0 spiro atoms. The summed E-state index contributed by atoms with van der Waals surface area (Å²) in [6.45, 7) is 1.83. The number of ketones is 1. The number of aromatic nitrogens is 3. The molecular formula is C16H13N3O. The van der Waals surface area contributed by atoms with E-state index in [-0.39, 0.29) is 5.78 Å². The number of Topliss-reactive ketones (excluding diaryl/α,β-unsaturated/α-hetero) is 1. The first-order valence-electron chi connectivity index (χ1n) is 6.38. The van der Waals surface area contributed by atoms with Gasteiger partial charge in [0.05, 0.1) is 5.52 Å². The molecule has 0 atom stereocenters. The molecule has 1 aromatic heterocycles. The minimum atomic E-state index is -0.0660. The van der Waals surface area contributed by atoms with Crippen LogP contribution in [-0.4, -0.2) is 20.8 Å². The fourth-order valence-electron chi connectivity index (χ4n) is 2.13. The number of para-hydroxylation sites is 1. The van der Waals surface area contributed by atoms with Gasteiger partial charge in [0, 0.05) is 5.56 Å². The van der Waals surface area contributed by atoms with E-state index in [4.69, 9.17) is 0 Å². The second kappa shape index (κ2) is 5.09. The Balaban J connectivity index is 2.09.